The summed E-state index contributed by atoms with van der Waals surface area (Å²) in [5.41, 5.74) is 2.35. The van der Waals surface area contributed by atoms with Crippen molar-refractivity contribution in [3.8, 4) is 5.75 Å². The number of fused-ring (bicyclic) bond motifs is 1. The monoisotopic (exact) mass is 520 g/mol. The highest BCUT2D eigenvalue weighted by Gasteiger charge is 2.52. The molecule has 0 bridgehead atoms. The number of β-amino-alcohol motifs (C(OH)–C–C–N with tert-alkyl or cyclic N) is 1. The number of likely N-dealkylation sites (N-methyl/N-ethyl adjacent to an activating group) is 2. The van der Waals surface area contributed by atoms with Crippen LogP contribution in [0.3, 0.4) is 0 Å². The Labute approximate surface area is 223 Å². The van der Waals surface area contributed by atoms with Gasteiger partial charge in [0.25, 0.3) is 5.91 Å². The summed E-state index contributed by atoms with van der Waals surface area (Å²) in [5.74, 6) is 1.02. The Morgan fingerprint density at radius 1 is 1.03 bits per heavy atom. The molecule has 2 fully saturated rings. The van der Waals surface area contributed by atoms with E-state index in [0.29, 0.717) is 11.7 Å². The van der Waals surface area contributed by atoms with Gasteiger partial charge in [0.15, 0.2) is 18.2 Å². The number of ether oxygens (including phenoxy) is 1. The van der Waals surface area contributed by atoms with Crippen LogP contribution in [0.2, 0.25) is 0 Å². The van der Waals surface area contributed by atoms with Gasteiger partial charge >= 0.3 is 6.03 Å². The van der Waals surface area contributed by atoms with Crippen molar-refractivity contribution in [2.24, 2.45) is 4.99 Å². The fourth-order valence-electron chi connectivity index (χ4n) is 5.33. The Morgan fingerprint density at radius 2 is 1.76 bits per heavy atom. The Morgan fingerprint density at radius 3 is 2.47 bits per heavy atom. The molecule has 0 spiro atoms. The van der Waals surface area contributed by atoms with Crippen molar-refractivity contribution in [1.29, 1.82) is 0 Å². The molecule has 0 aliphatic carbocycles. The minimum atomic E-state index is -0.861. The van der Waals surface area contributed by atoms with Crippen LogP contribution in [0.25, 0.3) is 0 Å². The highest BCUT2D eigenvalue weighted by Crippen LogP contribution is 2.29. The topological polar surface area (TPSA) is 92.2 Å². The van der Waals surface area contributed by atoms with Gasteiger partial charge in [0, 0.05) is 46.8 Å². The van der Waals surface area contributed by atoms with Crippen LogP contribution in [-0.2, 0) is 11.3 Å². The zero-order valence-corrected chi connectivity index (χ0v) is 22.2. The number of nitrogens with zero attached hydrogens (tertiary/aromatic N) is 6. The molecule has 3 aliphatic heterocycles. The van der Waals surface area contributed by atoms with E-state index in [4.69, 9.17) is 9.73 Å². The average Bonchev–Trinajstić information content (AvgIpc) is 3.29. The molecule has 0 aromatic heterocycles. The normalized spacial score (nSPS) is 23.0. The van der Waals surface area contributed by atoms with E-state index in [0.717, 1.165) is 43.2 Å². The molecule has 2 aromatic rings. The molecule has 3 heterocycles. The molecule has 2 saturated heterocycles. The number of hydrogen-bond acceptors (Lipinski definition) is 8. The third kappa shape index (κ3) is 5.32. The summed E-state index contributed by atoms with van der Waals surface area (Å²) in [6, 6.07) is 17.0. The Balaban J connectivity index is 1.30. The van der Waals surface area contributed by atoms with Crippen LogP contribution >= 0.6 is 0 Å². The van der Waals surface area contributed by atoms with Gasteiger partial charge in [0.05, 0.1) is 6.54 Å². The van der Waals surface area contributed by atoms with Crippen LogP contribution in [0.1, 0.15) is 11.1 Å². The number of aliphatic hydroxyl groups excluding tert-OH is 1. The Kier molecular flexibility index (Phi) is 7.53. The summed E-state index contributed by atoms with van der Waals surface area (Å²) >= 11 is 0. The summed E-state index contributed by atoms with van der Waals surface area (Å²) in [4.78, 5) is 39.9. The first-order valence-electron chi connectivity index (χ1n) is 13.1. The Hall–Kier alpha value is -3.63. The molecular weight excluding hydrogens is 484 g/mol. The van der Waals surface area contributed by atoms with E-state index in [-0.39, 0.29) is 25.1 Å². The molecular formula is C28H36N6O4. The van der Waals surface area contributed by atoms with Crippen LogP contribution in [0.5, 0.6) is 5.75 Å². The highest BCUT2D eigenvalue weighted by atomic mass is 16.5. The van der Waals surface area contributed by atoms with Gasteiger partial charge in [-0.2, -0.15) is 0 Å². The molecule has 0 radical (unpaired) electrons. The lowest BCUT2D eigenvalue weighted by Gasteiger charge is -2.42. The van der Waals surface area contributed by atoms with Gasteiger partial charge in [-0.25, -0.2) is 9.79 Å². The van der Waals surface area contributed by atoms with Crippen molar-refractivity contribution in [2.45, 2.75) is 31.8 Å². The van der Waals surface area contributed by atoms with Crippen molar-refractivity contribution in [3.63, 3.8) is 0 Å². The van der Waals surface area contributed by atoms with Crippen LogP contribution in [-0.4, -0.2) is 119 Å². The molecule has 3 atom stereocenters. The van der Waals surface area contributed by atoms with E-state index in [2.05, 4.69) is 34.1 Å². The summed E-state index contributed by atoms with van der Waals surface area (Å²) in [6.07, 6.45) is -1.49. The predicted molar refractivity (Wildman–Crippen MR) is 144 cm³/mol. The largest absolute Gasteiger partial charge is 0.491 e. The summed E-state index contributed by atoms with van der Waals surface area (Å²) in [7, 11) is 3.16. The zero-order chi connectivity index (χ0) is 26.8. The number of rotatable bonds is 7. The van der Waals surface area contributed by atoms with E-state index < -0.39 is 18.3 Å². The second kappa shape index (κ2) is 11.0. The smallest absolute Gasteiger partial charge is 0.328 e. The van der Waals surface area contributed by atoms with Crippen molar-refractivity contribution in [2.75, 3.05) is 53.4 Å². The molecule has 1 N–H and O–H groups in total. The third-order valence-electron chi connectivity index (χ3n) is 7.44. The van der Waals surface area contributed by atoms with E-state index in [1.165, 1.54) is 17.5 Å². The van der Waals surface area contributed by atoms with Gasteiger partial charge in [0.1, 0.15) is 18.5 Å². The number of imide groups is 1. The highest BCUT2D eigenvalue weighted by molar-refractivity contribution is 6.03. The van der Waals surface area contributed by atoms with E-state index in [1.807, 2.05) is 42.2 Å². The molecule has 5 rings (SSSR count). The molecule has 38 heavy (non-hydrogen) atoms. The molecule has 10 heteroatoms. The number of aliphatic hydroxyl groups is 1. The number of piperazine rings is 1. The number of carbonyl (C=O) groups excluding carboxylic acids is 2. The van der Waals surface area contributed by atoms with Gasteiger partial charge in [0.2, 0.25) is 0 Å². The van der Waals surface area contributed by atoms with Crippen molar-refractivity contribution >= 4 is 17.9 Å². The Bertz CT molecular complexity index is 1180. The van der Waals surface area contributed by atoms with Gasteiger partial charge in [-0.3, -0.25) is 14.6 Å². The van der Waals surface area contributed by atoms with Crippen molar-refractivity contribution in [3.05, 3.63) is 65.7 Å². The molecule has 3 unspecified atom stereocenters. The van der Waals surface area contributed by atoms with E-state index >= 15 is 0 Å². The minimum absolute atomic E-state index is 0.0777. The lowest BCUT2D eigenvalue weighted by atomic mass is 10.1. The molecule has 0 saturated carbocycles. The molecule has 3 amide bonds. The van der Waals surface area contributed by atoms with Crippen LogP contribution in [0, 0.1) is 6.92 Å². The number of benzene rings is 2. The molecule has 202 valence electrons. The second-order valence-electron chi connectivity index (χ2n) is 10.3. The maximum atomic E-state index is 13.3. The van der Waals surface area contributed by atoms with Gasteiger partial charge < -0.3 is 24.5 Å². The maximum absolute atomic E-state index is 13.3. The molecule has 2 aromatic carbocycles. The number of urea groups is 1. The van der Waals surface area contributed by atoms with Crippen LogP contribution in [0.4, 0.5) is 4.79 Å². The number of guanidine groups is 1. The molecule has 3 aliphatic rings. The zero-order valence-electron chi connectivity index (χ0n) is 22.2. The lowest BCUT2D eigenvalue weighted by molar-refractivity contribution is -0.136. The van der Waals surface area contributed by atoms with Crippen molar-refractivity contribution < 1.29 is 19.4 Å². The van der Waals surface area contributed by atoms with E-state index in [9.17, 15) is 14.7 Å². The van der Waals surface area contributed by atoms with E-state index in [1.54, 1.807) is 7.05 Å². The minimum Gasteiger partial charge on any atom is -0.491 e. The lowest BCUT2D eigenvalue weighted by Crippen LogP contribution is -2.65. The maximum Gasteiger partial charge on any atom is 0.328 e. The number of aliphatic imine (C=N–C) groups is 1. The number of amides is 3. The quantitative estimate of drug-likeness (QED) is 0.591. The van der Waals surface area contributed by atoms with Crippen molar-refractivity contribution in [1.82, 2.24) is 24.5 Å². The number of carbonyl (C=O) groups is 2. The van der Waals surface area contributed by atoms with Gasteiger partial charge in [-0.1, -0.05) is 42.5 Å². The first-order chi connectivity index (χ1) is 18.3. The average molecular weight is 521 g/mol. The predicted octanol–water partition coefficient (Wildman–Crippen LogP) is 1.44. The van der Waals surface area contributed by atoms with Crippen LogP contribution in [0.15, 0.2) is 59.6 Å². The fraction of sp³-hybridized carbons (Fsp3) is 0.464. The first kappa shape index (κ1) is 26.0. The number of hydrogen-bond donors (Lipinski definition) is 1. The summed E-state index contributed by atoms with van der Waals surface area (Å²) < 4.78 is 5.84. The second-order valence-corrected chi connectivity index (χ2v) is 10.3. The van der Waals surface area contributed by atoms with Gasteiger partial charge in [-0.05, 0) is 30.2 Å². The third-order valence-corrected chi connectivity index (χ3v) is 7.44. The molecule has 10 nitrogen and oxygen atoms in total. The van der Waals surface area contributed by atoms with Crippen LogP contribution < -0.4 is 4.74 Å². The SMILES string of the molecule is Cc1cccc(OCC(O)CN2C(N3CCN(Cc4ccccc4)CC3)=NC3C2C(=O)N(C)C(=O)N3C)c1. The fourth-order valence-corrected chi connectivity index (χ4v) is 5.33. The number of aryl methyl sites for hydroxylation is 1. The standard InChI is InChI=1S/C28H36N6O4/c1-20-8-7-11-23(16-20)38-19-22(35)18-34-24-25(30(2)28(37)31(3)26(24)36)29-27(34)33-14-12-32(13-15-33)17-21-9-5-4-6-10-21/h4-11,16,22,24-25,35H,12-15,17-19H2,1-3H3. The summed E-state index contributed by atoms with van der Waals surface area (Å²) in [6.45, 7) is 6.27. The summed E-state index contributed by atoms with van der Waals surface area (Å²) in [5, 5.41) is 11.0. The first-order valence-corrected chi connectivity index (χ1v) is 13.1. The van der Waals surface area contributed by atoms with Gasteiger partial charge in [-0.15, -0.1) is 0 Å².